The molecule has 0 aliphatic rings. The molecule has 7 heteroatoms. The van der Waals surface area contributed by atoms with Gasteiger partial charge in [0.15, 0.2) is 6.10 Å². The fraction of sp³-hybridized carbons (Fsp3) is 0.222. The highest BCUT2D eigenvalue weighted by atomic mass is 16.6. The van der Waals surface area contributed by atoms with E-state index in [1.54, 1.807) is 6.07 Å². The summed E-state index contributed by atoms with van der Waals surface area (Å²) in [5.74, 6) is -1.44. The van der Waals surface area contributed by atoms with Crippen molar-refractivity contribution in [3.8, 4) is 0 Å². The number of nitro groups is 1. The topological polar surface area (TPSA) is 98.5 Å². The number of nitro benzene ring substituents is 1. The summed E-state index contributed by atoms with van der Waals surface area (Å²) < 4.78 is 5.07. The lowest BCUT2D eigenvalue weighted by atomic mass is 10.1. The van der Waals surface area contributed by atoms with Crippen LogP contribution in [0.25, 0.3) is 0 Å². The molecule has 1 N–H and O–H groups in total. The van der Waals surface area contributed by atoms with Gasteiger partial charge in [0.2, 0.25) is 0 Å². The SMILES string of the molecule is Cc1ccc(NC(=O)[C@@H](C)OC(=O)c2ccccc2[N+](=O)[O-])c(C)c1. The van der Waals surface area contributed by atoms with Crippen molar-refractivity contribution in [1.82, 2.24) is 0 Å². The van der Waals surface area contributed by atoms with Crippen molar-refractivity contribution in [2.75, 3.05) is 5.32 Å². The van der Waals surface area contributed by atoms with E-state index in [1.165, 1.54) is 31.2 Å². The number of anilines is 1. The molecule has 2 aromatic carbocycles. The number of ether oxygens (including phenoxy) is 1. The number of carbonyl (C=O) groups is 2. The van der Waals surface area contributed by atoms with E-state index in [2.05, 4.69) is 5.32 Å². The summed E-state index contributed by atoms with van der Waals surface area (Å²) in [4.78, 5) is 34.7. The molecule has 0 radical (unpaired) electrons. The lowest BCUT2D eigenvalue weighted by molar-refractivity contribution is -0.385. The highest BCUT2D eigenvalue weighted by molar-refractivity contribution is 5.99. The predicted molar refractivity (Wildman–Crippen MR) is 92.5 cm³/mol. The van der Waals surface area contributed by atoms with E-state index in [1.807, 2.05) is 26.0 Å². The average Bonchev–Trinajstić information content (AvgIpc) is 2.57. The summed E-state index contributed by atoms with van der Waals surface area (Å²) in [6, 6.07) is 11.0. The van der Waals surface area contributed by atoms with Gasteiger partial charge in [-0.25, -0.2) is 4.79 Å². The Kier molecular flexibility index (Phi) is 5.49. The first-order valence-electron chi connectivity index (χ1n) is 7.62. The summed E-state index contributed by atoms with van der Waals surface area (Å²) in [5.41, 5.74) is 1.99. The number of hydrogen-bond acceptors (Lipinski definition) is 5. The minimum absolute atomic E-state index is 0.196. The Labute approximate surface area is 144 Å². The van der Waals surface area contributed by atoms with Crippen molar-refractivity contribution in [2.24, 2.45) is 0 Å². The van der Waals surface area contributed by atoms with Crippen LogP contribution in [0.5, 0.6) is 0 Å². The first-order valence-corrected chi connectivity index (χ1v) is 7.62. The zero-order valence-corrected chi connectivity index (χ0v) is 14.1. The van der Waals surface area contributed by atoms with Crippen LogP contribution in [-0.2, 0) is 9.53 Å². The van der Waals surface area contributed by atoms with Gasteiger partial charge in [0.25, 0.3) is 11.6 Å². The van der Waals surface area contributed by atoms with Gasteiger partial charge in [-0.15, -0.1) is 0 Å². The summed E-state index contributed by atoms with van der Waals surface area (Å²) in [6.07, 6.45) is -1.10. The van der Waals surface area contributed by atoms with Crippen LogP contribution in [0.1, 0.15) is 28.4 Å². The van der Waals surface area contributed by atoms with Crippen molar-refractivity contribution in [3.63, 3.8) is 0 Å². The molecule has 130 valence electrons. The van der Waals surface area contributed by atoms with Crippen molar-refractivity contribution < 1.29 is 19.2 Å². The van der Waals surface area contributed by atoms with Gasteiger partial charge < -0.3 is 10.1 Å². The summed E-state index contributed by atoms with van der Waals surface area (Å²) in [5, 5.41) is 13.7. The Hall–Kier alpha value is -3.22. The molecule has 0 fully saturated rings. The van der Waals surface area contributed by atoms with Gasteiger partial charge in [0.1, 0.15) is 5.56 Å². The maximum Gasteiger partial charge on any atom is 0.345 e. The quantitative estimate of drug-likeness (QED) is 0.510. The van der Waals surface area contributed by atoms with Gasteiger partial charge in [-0.1, -0.05) is 29.8 Å². The normalized spacial score (nSPS) is 11.5. The average molecular weight is 342 g/mol. The molecular formula is C18H18N2O5. The smallest absolute Gasteiger partial charge is 0.345 e. The highest BCUT2D eigenvalue weighted by Crippen LogP contribution is 2.20. The third-order valence-electron chi connectivity index (χ3n) is 3.61. The molecule has 0 unspecified atom stereocenters. The van der Waals surface area contributed by atoms with Crippen LogP contribution >= 0.6 is 0 Å². The lowest BCUT2D eigenvalue weighted by Crippen LogP contribution is -2.30. The monoisotopic (exact) mass is 342 g/mol. The van der Waals surface area contributed by atoms with Crippen LogP contribution < -0.4 is 5.32 Å². The van der Waals surface area contributed by atoms with Crippen LogP contribution in [-0.4, -0.2) is 22.9 Å². The minimum Gasteiger partial charge on any atom is -0.449 e. The van der Waals surface area contributed by atoms with E-state index < -0.39 is 22.9 Å². The zero-order valence-electron chi connectivity index (χ0n) is 14.1. The number of aryl methyl sites for hydroxylation is 2. The molecule has 1 amide bonds. The van der Waals surface area contributed by atoms with E-state index >= 15 is 0 Å². The second-order valence-electron chi connectivity index (χ2n) is 5.63. The summed E-state index contributed by atoms with van der Waals surface area (Å²) >= 11 is 0. The molecule has 0 bridgehead atoms. The molecule has 0 aliphatic carbocycles. The molecule has 0 spiro atoms. The predicted octanol–water partition coefficient (Wildman–Crippen LogP) is 3.40. The van der Waals surface area contributed by atoms with E-state index in [9.17, 15) is 19.7 Å². The Morgan fingerprint density at radius 2 is 1.84 bits per heavy atom. The third-order valence-corrected chi connectivity index (χ3v) is 3.61. The molecule has 1 atom stereocenters. The number of esters is 1. The zero-order chi connectivity index (χ0) is 18.6. The van der Waals surface area contributed by atoms with E-state index in [4.69, 9.17) is 4.74 Å². The lowest BCUT2D eigenvalue weighted by Gasteiger charge is -2.15. The molecule has 7 nitrogen and oxygen atoms in total. The molecule has 0 saturated carbocycles. The number of nitrogens with one attached hydrogen (secondary N) is 1. The van der Waals surface area contributed by atoms with Gasteiger partial charge >= 0.3 is 5.97 Å². The molecule has 0 aliphatic heterocycles. The number of hydrogen-bond donors (Lipinski definition) is 1. The van der Waals surface area contributed by atoms with Gasteiger partial charge in [-0.05, 0) is 38.5 Å². The number of rotatable bonds is 5. The maximum absolute atomic E-state index is 12.2. The van der Waals surface area contributed by atoms with Crippen LogP contribution in [0, 0.1) is 24.0 Å². The fourth-order valence-corrected chi connectivity index (χ4v) is 2.27. The van der Waals surface area contributed by atoms with Gasteiger partial charge in [0.05, 0.1) is 4.92 Å². The van der Waals surface area contributed by atoms with Crippen LogP contribution in [0.4, 0.5) is 11.4 Å². The first kappa shape index (κ1) is 18.1. The number of benzene rings is 2. The number of amides is 1. The minimum atomic E-state index is -1.10. The summed E-state index contributed by atoms with van der Waals surface area (Å²) in [7, 11) is 0. The fourth-order valence-electron chi connectivity index (χ4n) is 2.27. The van der Waals surface area contributed by atoms with E-state index in [-0.39, 0.29) is 11.3 Å². The molecule has 25 heavy (non-hydrogen) atoms. The van der Waals surface area contributed by atoms with Crippen LogP contribution in [0.3, 0.4) is 0 Å². The molecule has 0 saturated heterocycles. The molecule has 2 aromatic rings. The van der Waals surface area contributed by atoms with Gasteiger partial charge in [-0.3, -0.25) is 14.9 Å². The van der Waals surface area contributed by atoms with Crippen LogP contribution in [0.15, 0.2) is 42.5 Å². The number of nitrogens with zero attached hydrogens (tertiary/aromatic N) is 1. The molecular weight excluding hydrogens is 324 g/mol. The Morgan fingerprint density at radius 1 is 1.16 bits per heavy atom. The Balaban J connectivity index is 2.08. The largest absolute Gasteiger partial charge is 0.449 e. The Morgan fingerprint density at radius 3 is 2.48 bits per heavy atom. The molecule has 0 aromatic heterocycles. The number of carbonyl (C=O) groups excluding carboxylic acids is 2. The Bertz CT molecular complexity index is 832. The standard InChI is InChI=1S/C18H18N2O5/c1-11-8-9-15(12(2)10-11)19-17(21)13(3)25-18(22)14-6-4-5-7-16(14)20(23)24/h4-10,13H,1-3H3,(H,19,21)/t13-/m1/s1. The van der Waals surface area contributed by atoms with Crippen molar-refractivity contribution in [2.45, 2.75) is 26.9 Å². The second-order valence-corrected chi connectivity index (χ2v) is 5.63. The highest BCUT2D eigenvalue weighted by Gasteiger charge is 2.25. The first-order chi connectivity index (χ1) is 11.8. The van der Waals surface area contributed by atoms with Gasteiger partial charge in [-0.2, -0.15) is 0 Å². The third kappa shape index (κ3) is 4.41. The van der Waals surface area contributed by atoms with E-state index in [0.29, 0.717) is 5.69 Å². The van der Waals surface area contributed by atoms with Crippen molar-refractivity contribution >= 4 is 23.3 Å². The maximum atomic E-state index is 12.2. The van der Waals surface area contributed by atoms with Crippen LogP contribution in [0.2, 0.25) is 0 Å². The number of para-hydroxylation sites is 1. The molecule has 0 heterocycles. The van der Waals surface area contributed by atoms with Crippen molar-refractivity contribution in [1.29, 1.82) is 0 Å². The second kappa shape index (κ2) is 7.57. The van der Waals surface area contributed by atoms with Gasteiger partial charge in [0, 0.05) is 11.8 Å². The van der Waals surface area contributed by atoms with E-state index in [0.717, 1.165) is 11.1 Å². The summed E-state index contributed by atoms with van der Waals surface area (Å²) in [6.45, 7) is 5.20. The molecule has 2 rings (SSSR count). The van der Waals surface area contributed by atoms with Crippen molar-refractivity contribution in [3.05, 3.63) is 69.3 Å².